The van der Waals surface area contributed by atoms with Gasteiger partial charge < -0.3 is 4.98 Å². The molecular weight excluding hydrogens is 204 g/mol. The summed E-state index contributed by atoms with van der Waals surface area (Å²) >= 11 is 1.72. The third kappa shape index (κ3) is 2.54. The molecule has 0 aliphatic carbocycles. The highest BCUT2D eigenvalue weighted by molar-refractivity contribution is 7.99. The van der Waals surface area contributed by atoms with Gasteiger partial charge in [-0.25, -0.2) is 4.98 Å². The van der Waals surface area contributed by atoms with E-state index in [4.69, 9.17) is 6.42 Å². The zero-order valence-electron chi connectivity index (χ0n) is 8.36. The van der Waals surface area contributed by atoms with Gasteiger partial charge in [0.2, 0.25) is 0 Å². The second kappa shape index (κ2) is 4.90. The van der Waals surface area contributed by atoms with Gasteiger partial charge in [0.05, 0.1) is 11.0 Å². The highest BCUT2D eigenvalue weighted by Gasteiger charge is 2.01. The molecule has 1 aromatic carbocycles. The van der Waals surface area contributed by atoms with Crippen molar-refractivity contribution < 1.29 is 0 Å². The fraction of sp³-hybridized carbons (Fsp3) is 0.250. The lowest BCUT2D eigenvalue weighted by Crippen LogP contribution is -1.80. The molecule has 0 atom stereocenters. The Kier molecular flexibility index (Phi) is 3.31. The number of benzene rings is 1. The lowest BCUT2D eigenvalue weighted by Gasteiger charge is -1.93. The summed E-state index contributed by atoms with van der Waals surface area (Å²) in [4.78, 5) is 7.74. The number of terminal acetylenes is 1. The van der Waals surface area contributed by atoms with Crippen LogP contribution in [0.3, 0.4) is 0 Å². The lowest BCUT2D eigenvalue weighted by atomic mass is 10.3. The molecule has 0 unspecified atom stereocenters. The summed E-state index contributed by atoms with van der Waals surface area (Å²) in [7, 11) is 0. The summed E-state index contributed by atoms with van der Waals surface area (Å²) < 4.78 is 0. The number of hydrogen-bond donors (Lipinski definition) is 1. The average molecular weight is 216 g/mol. The first kappa shape index (κ1) is 10.1. The second-order valence-electron chi connectivity index (χ2n) is 3.22. The standard InChI is InChI=1S/C12H12N2S/c1-2-3-6-9-15-12-13-10-7-4-5-8-11(10)14-12/h1,4-5,7-8H,3,6,9H2,(H,13,14). The van der Waals surface area contributed by atoms with E-state index in [0.29, 0.717) is 0 Å². The minimum Gasteiger partial charge on any atom is -0.333 e. The highest BCUT2D eigenvalue weighted by Crippen LogP contribution is 2.19. The van der Waals surface area contributed by atoms with Crippen LogP contribution in [-0.2, 0) is 0 Å². The van der Waals surface area contributed by atoms with Crippen LogP contribution in [0.5, 0.6) is 0 Å². The number of H-pyrrole nitrogens is 1. The zero-order valence-corrected chi connectivity index (χ0v) is 9.18. The second-order valence-corrected chi connectivity index (χ2v) is 4.30. The molecule has 1 heterocycles. The number of hydrogen-bond acceptors (Lipinski definition) is 2. The molecule has 2 rings (SSSR count). The topological polar surface area (TPSA) is 28.7 Å². The van der Waals surface area contributed by atoms with Crippen LogP contribution < -0.4 is 0 Å². The van der Waals surface area contributed by atoms with Crippen molar-refractivity contribution in [2.24, 2.45) is 0 Å². The summed E-state index contributed by atoms with van der Waals surface area (Å²) in [6.45, 7) is 0. The van der Waals surface area contributed by atoms with Gasteiger partial charge in [0.25, 0.3) is 0 Å². The predicted molar refractivity (Wildman–Crippen MR) is 64.9 cm³/mol. The number of nitrogens with one attached hydrogen (secondary N) is 1. The van der Waals surface area contributed by atoms with Crippen LogP contribution in [-0.4, -0.2) is 15.7 Å². The van der Waals surface area contributed by atoms with E-state index >= 15 is 0 Å². The monoisotopic (exact) mass is 216 g/mol. The van der Waals surface area contributed by atoms with Crippen LogP contribution in [0.4, 0.5) is 0 Å². The summed E-state index contributed by atoms with van der Waals surface area (Å²) in [6, 6.07) is 8.05. The third-order valence-electron chi connectivity index (χ3n) is 2.07. The maximum atomic E-state index is 5.19. The van der Waals surface area contributed by atoms with Gasteiger partial charge in [-0.15, -0.1) is 12.3 Å². The van der Waals surface area contributed by atoms with Crippen molar-refractivity contribution in [3.05, 3.63) is 24.3 Å². The van der Waals surface area contributed by atoms with Crippen molar-refractivity contribution in [1.82, 2.24) is 9.97 Å². The first-order valence-electron chi connectivity index (χ1n) is 4.91. The van der Waals surface area contributed by atoms with Crippen LogP contribution in [0, 0.1) is 12.3 Å². The van der Waals surface area contributed by atoms with Gasteiger partial charge in [0.15, 0.2) is 5.16 Å². The molecule has 15 heavy (non-hydrogen) atoms. The van der Waals surface area contributed by atoms with Crippen molar-refractivity contribution in [3.63, 3.8) is 0 Å². The lowest BCUT2D eigenvalue weighted by molar-refractivity contribution is 0.986. The molecule has 1 N–H and O–H groups in total. The number of imidazole rings is 1. The molecule has 1 aromatic heterocycles. The average Bonchev–Trinajstić information content (AvgIpc) is 2.67. The summed E-state index contributed by atoms with van der Waals surface area (Å²) in [6.07, 6.45) is 7.07. The Hall–Kier alpha value is -1.40. The smallest absolute Gasteiger partial charge is 0.166 e. The van der Waals surface area contributed by atoms with Crippen LogP contribution in [0.15, 0.2) is 29.4 Å². The minimum absolute atomic E-state index is 0.841. The highest BCUT2D eigenvalue weighted by atomic mass is 32.2. The Morgan fingerprint density at radius 3 is 3.07 bits per heavy atom. The summed E-state index contributed by atoms with van der Waals surface area (Å²) in [5, 5.41) is 0.980. The minimum atomic E-state index is 0.841. The first-order valence-corrected chi connectivity index (χ1v) is 5.90. The van der Waals surface area contributed by atoms with Gasteiger partial charge in [-0.2, -0.15) is 0 Å². The Morgan fingerprint density at radius 2 is 2.27 bits per heavy atom. The van der Waals surface area contributed by atoms with Crippen molar-refractivity contribution in [3.8, 4) is 12.3 Å². The first-order chi connectivity index (χ1) is 7.40. The quantitative estimate of drug-likeness (QED) is 0.483. The van der Waals surface area contributed by atoms with E-state index < -0.39 is 0 Å². The van der Waals surface area contributed by atoms with E-state index in [-0.39, 0.29) is 0 Å². The van der Waals surface area contributed by atoms with Crippen LogP contribution in [0.1, 0.15) is 12.8 Å². The van der Waals surface area contributed by atoms with Gasteiger partial charge in [0, 0.05) is 12.2 Å². The molecule has 2 nitrogen and oxygen atoms in total. The van der Waals surface area contributed by atoms with E-state index in [1.165, 1.54) is 0 Å². The van der Waals surface area contributed by atoms with Gasteiger partial charge in [-0.1, -0.05) is 23.9 Å². The molecule has 0 aliphatic heterocycles. The van der Waals surface area contributed by atoms with Crippen LogP contribution >= 0.6 is 11.8 Å². The number of aromatic amines is 1. The molecule has 0 fully saturated rings. The Morgan fingerprint density at radius 1 is 1.40 bits per heavy atom. The maximum absolute atomic E-state index is 5.19. The Labute approximate surface area is 93.5 Å². The number of thioether (sulfide) groups is 1. The van der Waals surface area contributed by atoms with Crippen molar-refractivity contribution >= 4 is 22.8 Å². The van der Waals surface area contributed by atoms with Crippen molar-refractivity contribution in [1.29, 1.82) is 0 Å². The fourth-order valence-electron chi connectivity index (χ4n) is 1.34. The number of unbranched alkanes of at least 4 members (excludes halogenated alkanes) is 1. The number of fused-ring (bicyclic) bond motifs is 1. The van der Waals surface area contributed by atoms with Gasteiger partial charge in [-0.05, 0) is 18.6 Å². The number of rotatable bonds is 4. The number of nitrogens with zero attached hydrogens (tertiary/aromatic N) is 1. The molecule has 0 amide bonds. The van der Waals surface area contributed by atoms with E-state index in [9.17, 15) is 0 Å². The van der Waals surface area contributed by atoms with Gasteiger partial charge in [-0.3, -0.25) is 0 Å². The molecule has 0 aliphatic rings. The van der Waals surface area contributed by atoms with Gasteiger partial charge >= 0.3 is 0 Å². The van der Waals surface area contributed by atoms with Crippen LogP contribution in [0.25, 0.3) is 11.0 Å². The van der Waals surface area contributed by atoms with Crippen molar-refractivity contribution in [2.45, 2.75) is 18.0 Å². The molecule has 0 saturated carbocycles. The normalized spacial score (nSPS) is 10.3. The largest absolute Gasteiger partial charge is 0.333 e. The number of aromatic nitrogens is 2. The predicted octanol–water partition coefficient (Wildman–Crippen LogP) is 3.07. The fourth-order valence-corrected chi connectivity index (χ4v) is 2.17. The van der Waals surface area contributed by atoms with E-state index in [1.54, 1.807) is 11.8 Å². The van der Waals surface area contributed by atoms with E-state index in [1.807, 2.05) is 24.3 Å². The Balaban J connectivity index is 2.00. The van der Waals surface area contributed by atoms with E-state index in [2.05, 4.69) is 15.9 Å². The summed E-state index contributed by atoms with van der Waals surface area (Å²) in [5.41, 5.74) is 2.12. The molecule has 0 saturated heterocycles. The summed E-state index contributed by atoms with van der Waals surface area (Å²) in [5.74, 6) is 3.65. The maximum Gasteiger partial charge on any atom is 0.166 e. The molecule has 0 radical (unpaired) electrons. The zero-order chi connectivity index (χ0) is 10.5. The third-order valence-corrected chi connectivity index (χ3v) is 3.03. The van der Waals surface area contributed by atoms with Crippen LogP contribution in [0.2, 0.25) is 0 Å². The van der Waals surface area contributed by atoms with Gasteiger partial charge in [0.1, 0.15) is 0 Å². The SMILES string of the molecule is C#CCCCSc1nc2ccccc2[nH]1. The number of para-hydroxylation sites is 2. The molecule has 0 bridgehead atoms. The Bertz CT molecular complexity index is 449. The molecular formula is C12H12N2S. The molecule has 0 spiro atoms. The molecule has 2 aromatic rings. The molecule has 76 valence electrons. The van der Waals surface area contributed by atoms with Crippen molar-refractivity contribution in [2.75, 3.05) is 5.75 Å². The molecule has 3 heteroatoms. The van der Waals surface area contributed by atoms with E-state index in [0.717, 1.165) is 34.8 Å².